The van der Waals surface area contributed by atoms with E-state index in [0.29, 0.717) is 0 Å². The largest absolute Gasteiger partial charge is 0.362 e. The van der Waals surface area contributed by atoms with Gasteiger partial charge in [-0.15, -0.1) is 0 Å². The number of hydrogen-bond donors (Lipinski definition) is 4. The van der Waals surface area contributed by atoms with Crippen molar-refractivity contribution in [2.75, 3.05) is 18.0 Å². The van der Waals surface area contributed by atoms with Crippen LogP contribution in [0.5, 0.6) is 0 Å². The molecule has 5 N–H and O–H groups in total. The highest BCUT2D eigenvalue weighted by Gasteiger charge is 2.20. The zero-order chi connectivity index (χ0) is 21.5. The van der Waals surface area contributed by atoms with Crippen LogP contribution in [0.4, 0.5) is 10.5 Å². The van der Waals surface area contributed by atoms with Crippen LogP contribution in [0.2, 0.25) is 0 Å². The molecule has 1 aliphatic rings. The predicted octanol–water partition coefficient (Wildman–Crippen LogP) is 2.15. The van der Waals surface area contributed by atoms with E-state index in [1.807, 2.05) is 29.2 Å². The quantitative estimate of drug-likeness (QED) is 0.480. The van der Waals surface area contributed by atoms with Crippen molar-refractivity contribution >= 4 is 39.5 Å². The zero-order valence-corrected chi connectivity index (χ0v) is 17.9. The number of nitrogens with one attached hydrogen (secondary N) is 3. The molecule has 2 aromatic carbocycles. The molecule has 0 aliphatic carbocycles. The third-order valence-electron chi connectivity index (χ3n) is 4.84. The molecule has 30 heavy (non-hydrogen) atoms. The number of aryl methyl sites for hydroxylation is 1. The number of nitrogens with two attached hydrogens (primary N) is 1. The summed E-state index contributed by atoms with van der Waals surface area (Å²) in [6.45, 7) is 0.928. The second-order valence-corrected chi connectivity index (χ2v) is 7.99. The highest BCUT2D eigenvalue weighted by atomic mass is 79.9. The van der Waals surface area contributed by atoms with Crippen molar-refractivity contribution in [3.05, 3.63) is 64.1 Å². The molecular weight excluding hydrogens is 450 g/mol. The Balaban J connectivity index is 1.54. The van der Waals surface area contributed by atoms with Crippen molar-refractivity contribution in [1.29, 1.82) is 0 Å². The molecule has 0 radical (unpaired) electrons. The summed E-state index contributed by atoms with van der Waals surface area (Å²) in [5.74, 6) is -0.761. The Hall–Kier alpha value is -3.07. The van der Waals surface area contributed by atoms with Gasteiger partial charge in [-0.2, -0.15) is 0 Å². The van der Waals surface area contributed by atoms with Gasteiger partial charge in [0.15, 0.2) is 0 Å². The fraction of sp³-hybridized carbons (Fsp3) is 0.286. The van der Waals surface area contributed by atoms with E-state index in [9.17, 15) is 14.4 Å². The Morgan fingerprint density at radius 2 is 1.83 bits per heavy atom. The van der Waals surface area contributed by atoms with E-state index in [2.05, 4.69) is 38.2 Å². The van der Waals surface area contributed by atoms with E-state index in [1.165, 1.54) is 5.56 Å². The van der Waals surface area contributed by atoms with Crippen molar-refractivity contribution in [2.24, 2.45) is 5.73 Å². The van der Waals surface area contributed by atoms with Crippen LogP contribution in [-0.4, -0.2) is 30.9 Å². The second-order valence-electron chi connectivity index (χ2n) is 7.07. The number of amides is 4. The van der Waals surface area contributed by atoms with Crippen LogP contribution in [0.25, 0.3) is 0 Å². The Morgan fingerprint density at radius 3 is 2.60 bits per heavy atom. The van der Waals surface area contributed by atoms with Crippen LogP contribution in [0.3, 0.4) is 0 Å². The number of rotatable bonds is 6. The number of primary amides is 1. The standard InChI is InChI=1S/C21H24BrN5O3/c22-16-8-3-6-15(11-16)17(24-21(23)30)12-19(28)25-26-20(29)13-27-10-4-7-14-5-1-2-9-18(14)27/h1-3,5-6,8-9,11,17H,4,7,10,12-13H2,(H,25,28)(H,26,29)(H3,23,24,30)/t17-/m1/s1. The highest BCUT2D eigenvalue weighted by Crippen LogP contribution is 2.26. The van der Waals surface area contributed by atoms with Gasteiger partial charge >= 0.3 is 6.03 Å². The van der Waals surface area contributed by atoms with Crippen molar-refractivity contribution < 1.29 is 14.4 Å². The smallest absolute Gasteiger partial charge is 0.312 e. The van der Waals surface area contributed by atoms with Gasteiger partial charge in [0.1, 0.15) is 0 Å². The first kappa shape index (κ1) is 21.6. The van der Waals surface area contributed by atoms with Crippen molar-refractivity contribution in [3.8, 4) is 0 Å². The Bertz CT molecular complexity index is 936. The van der Waals surface area contributed by atoms with Crippen LogP contribution in [-0.2, 0) is 16.0 Å². The minimum absolute atomic E-state index is 0.0772. The number of nitrogens with zero attached hydrogens (tertiary/aromatic N) is 1. The molecule has 1 atom stereocenters. The summed E-state index contributed by atoms with van der Waals surface area (Å²) in [5, 5.41) is 2.55. The molecule has 1 heterocycles. The minimum Gasteiger partial charge on any atom is -0.362 e. The van der Waals surface area contributed by atoms with E-state index in [0.717, 1.165) is 35.1 Å². The lowest BCUT2D eigenvalue weighted by Gasteiger charge is -2.30. The SMILES string of the molecule is NC(=O)N[C@H](CC(=O)NNC(=O)CN1CCCc2ccccc21)c1cccc(Br)c1. The van der Waals surface area contributed by atoms with Crippen LogP contribution < -0.4 is 26.8 Å². The molecule has 8 nitrogen and oxygen atoms in total. The topological polar surface area (TPSA) is 117 Å². The lowest BCUT2D eigenvalue weighted by atomic mass is 10.0. The molecule has 4 amide bonds. The van der Waals surface area contributed by atoms with Crippen LogP contribution in [0.1, 0.15) is 30.0 Å². The Labute approximate surface area is 183 Å². The maximum absolute atomic E-state index is 12.3. The molecule has 9 heteroatoms. The maximum Gasteiger partial charge on any atom is 0.312 e. The molecule has 158 valence electrons. The normalized spacial score (nSPS) is 13.7. The first-order chi connectivity index (χ1) is 14.4. The van der Waals surface area contributed by atoms with E-state index in [-0.39, 0.29) is 18.9 Å². The minimum atomic E-state index is -0.736. The number of carbonyl (C=O) groups is 3. The molecule has 3 rings (SSSR count). The number of anilines is 1. The van der Waals surface area contributed by atoms with Crippen LogP contribution >= 0.6 is 15.9 Å². The molecule has 2 aromatic rings. The zero-order valence-electron chi connectivity index (χ0n) is 16.4. The summed E-state index contributed by atoms with van der Waals surface area (Å²) in [6, 6.07) is 13.9. The number of hydrazine groups is 1. The second kappa shape index (κ2) is 10.1. The molecule has 0 saturated heterocycles. The van der Waals surface area contributed by atoms with Gasteiger partial charge in [-0.1, -0.05) is 46.3 Å². The van der Waals surface area contributed by atoms with Gasteiger partial charge in [-0.3, -0.25) is 20.4 Å². The van der Waals surface area contributed by atoms with E-state index in [4.69, 9.17) is 5.73 Å². The van der Waals surface area contributed by atoms with Gasteiger partial charge in [-0.05, 0) is 42.2 Å². The van der Waals surface area contributed by atoms with Gasteiger partial charge in [0.25, 0.3) is 5.91 Å². The average Bonchev–Trinajstić information content (AvgIpc) is 2.72. The van der Waals surface area contributed by atoms with Gasteiger partial charge in [0, 0.05) is 16.7 Å². The van der Waals surface area contributed by atoms with Crippen molar-refractivity contribution in [2.45, 2.75) is 25.3 Å². The molecule has 0 aromatic heterocycles. The molecule has 0 bridgehead atoms. The van der Waals surface area contributed by atoms with Gasteiger partial charge in [-0.25, -0.2) is 4.79 Å². The third-order valence-corrected chi connectivity index (χ3v) is 5.33. The number of urea groups is 1. The van der Waals surface area contributed by atoms with Gasteiger partial charge < -0.3 is 16.0 Å². The summed E-state index contributed by atoms with van der Waals surface area (Å²) < 4.78 is 0.812. The van der Waals surface area contributed by atoms with Gasteiger partial charge in [0.05, 0.1) is 19.0 Å². The lowest BCUT2D eigenvalue weighted by Crippen LogP contribution is -2.48. The summed E-state index contributed by atoms with van der Waals surface area (Å²) in [4.78, 5) is 38.0. The van der Waals surface area contributed by atoms with Crippen LogP contribution in [0.15, 0.2) is 53.0 Å². The van der Waals surface area contributed by atoms with E-state index < -0.39 is 18.0 Å². The maximum atomic E-state index is 12.3. The summed E-state index contributed by atoms with van der Waals surface area (Å²) in [7, 11) is 0. The monoisotopic (exact) mass is 473 g/mol. The van der Waals surface area contributed by atoms with Gasteiger partial charge in [0.2, 0.25) is 5.91 Å². The number of para-hydroxylation sites is 1. The summed E-state index contributed by atoms with van der Waals surface area (Å²) in [6.07, 6.45) is 1.89. The Kier molecular flexibility index (Phi) is 7.29. The fourth-order valence-electron chi connectivity index (χ4n) is 3.51. The number of benzene rings is 2. The molecule has 0 spiro atoms. The van der Waals surface area contributed by atoms with E-state index >= 15 is 0 Å². The molecule has 1 aliphatic heterocycles. The van der Waals surface area contributed by atoms with Crippen LogP contribution in [0, 0.1) is 0 Å². The average molecular weight is 474 g/mol. The number of halogens is 1. The molecule has 0 unspecified atom stereocenters. The number of carbonyl (C=O) groups excluding carboxylic acids is 3. The summed E-state index contributed by atoms with van der Waals surface area (Å²) in [5.41, 5.74) is 13.1. The first-order valence-electron chi connectivity index (χ1n) is 9.64. The highest BCUT2D eigenvalue weighted by molar-refractivity contribution is 9.10. The first-order valence-corrected chi connectivity index (χ1v) is 10.4. The van der Waals surface area contributed by atoms with Crippen molar-refractivity contribution in [1.82, 2.24) is 16.2 Å². The predicted molar refractivity (Wildman–Crippen MR) is 117 cm³/mol. The Morgan fingerprint density at radius 1 is 1.07 bits per heavy atom. The van der Waals surface area contributed by atoms with Crippen molar-refractivity contribution in [3.63, 3.8) is 0 Å². The summed E-state index contributed by atoms with van der Waals surface area (Å²) >= 11 is 3.37. The number of hydrogen-bond acceptors (Lipinski definition) is 4. The molecule has 0 fully saturated rings. The third kappa shape index (κ3) is 5.96. The lowest BCUT2D eigenvalue weighted by molar-refractivity contribution is -0.128. The van der Waals surface area contributed by atoms with E-state index in [1.54, 1.807) is 18.2 Å². The fourth-order valence-corrected chi connectivity index (χ4v) is 3.93. The number of fused-ring (bicyclic) bond motifs is 1. The molecular formula is C21H24BrN5O3. The molecule has 0 saturated carbocycles.